The van der Waals surface area contributed by atoms with Crippen LogP contribution in [0.1, 0.15) is 25.3 Å². The Labute approximate surface area is 118 Å². The van der Waals surface area contributed by atoms with Crippen LogP contribution in [0.4, 0.5) is 10.1 Å². The molecule has 1 fully saturated rings. The average Bonchev–Trinajstić information content (AvgIpc) is 2.30. The molecule has 1 saturated heterocycles. The van der Waals surface area contributed by atoms with E-state index < -0.39 is 21.4 Å². The fraction of sp³-hybridized carbons (Fsp3) is 0.538. The number of anilines is 1. The maximum absolute atomic E-state index is 13.6. The Balaban J connectivity index is 2.30. The van der Waals surface area contributed by atoms with Gasteiger partial charge in [0.1, 0.15) is 5.82 Å². The van der Waals surface area contributed by atoms with E-state index in [0.29, 0.717) is 6.42 Å². The lowest BCUT2D eigenvalue weighted by Gasteiger charge is -2.45. The second kappa shape index (κ2) is 4.98. The third kappa shape index (κ3) is 2.53. The SMILES string of the molecule is CCCC1(O)CN(S(=O)(=O)c2cc(N)cc(F)c2C)C1. The van der Waals surface area contributed by atoms with Gasteiger partial charge in [-0.05, 0) is 25.5 Å². The van der Waals surface area contributed by atoms with Crippen LogP contribution in [0.3, 0.4) is 0 Å². The van der Waals surface area contributed by atoms with Crippen LogP contribution >= 0.6 is 0 Å². The summed E-state index contributed by atoms with van der Waals surface area (Å²) in [6, 6.07) is 2.35. The molecule has 0 bridgehead atoms. The lowest BCUT2D eigenvalue weighted by atomic mass is 9.92. The van der Waals surface area contributed by atoms with E-state index in [1.54, 1.807) is 0 Å². The number of nitrogens with zero attached hydrogens (tertiary/aromatic N) is 1. The standard InChI is InChI=1S/C13H19FN2O3S/c1-3-4-13(17)7-16(8-13)20(18,19)12-6-10(15)5-11(14)9(12)2/h5-6,17H,3-4,7-8,15H2,1-2H3. The number of rotatable bonds is 4. The first kappa shape index (κ1) is 15.2. The Morgan fingerprint density at radius 2 is 2.05 bits per heavy atom. The highest BCUT2D eigenvalue weighted by molar-refractivity contribution is 7.89. The van der Waals surface area contributed by atoms with Gasteiger partial charge in [0.15, 0.2) is 0 Å². The van der Waals surface area contributed by atoms with E-state index in [9.17, 15) is 17.9 Å². The second-order valence-corrected chi connectivity index (χ2v) is 7.28. The van der Waals surface area contributed by atoms with Crippen LogP contribution in [0.5, 0.6) is 0 Å². The van der Waals surface area contributed by atoms with E-state index in [2.05, 4.69) is 0 Å². The molecular weight excluding hydrogens is 283 g/mol. The fourth-order valence-electron chi connectivity index (χ4n) is 2.48. The molecule has 3 N–H and O–H groups in total. The third-order valence-electron chi connectivity index (χ3n) is 3.59. The molecule has 0 aromatic heterocycles. The first-order valence-corrected chi connectivity index (χ1v) is 7.92. The van der Waals surface area contributed by atoms with E-state index in [-0.39, 0.29) is 29.2 Å². The molecule has 0 amide bonds. The number of hydrogen-bond acceptors (Lipinski definition) is 4. The Morgan fingerprint density at radius 3 is 2.60 bits per heavy atom. The summed E-state index contributed by atoms with van der Waals surface area (Å²) in [5.74, 6) is -0.645. The Bertz CT molecular complexity index is 625. The van der Waals surface area contributed by atoms with Crippen LogP contribution in [-0.2, 0) is 10.0 Å². The fourth-order valence-corrected chi connectivity index (χ4v) is 4.35. The summed E-state index contributed by atoms with van der Waals surface area (Å²) < 4.78 is 39.6. The van der Waals surface area contributed by atoms with Crippen LogP contribution in [-0.4, -0.2) is 36.5 Å². The molecule has 7 heteroatoms. The van der Waals surface area contributed by atoms with E-state index >= 15 is 0 Å². The molecule has 1 heterocycles. The summed E-state index contributed by atoms with van der Waals surface area (Å²) in [4.78, 5) is -0.131. The van der Waals surface area contributed by atoms with Crippen molar-refractivity contribution in [1.29, 1.82) is 0 Å². The minimum atomic E-state index is -3.81. The van der Waals surface area contributed by atoms with Crippen LogP contribution in [0.2, 0.25) is 0 Å². The number of benzene rings is 1. The Morgan fingerprint density at radius 1 is 1.45 bits per heavy atom. The van der Waals surface area contributed by atoms with Gasteiger partial charge in [-0.15, -0.1) is 0 Å². The molecule has 0 spiro atoms. The molecule has 0 saturated carbocycles. The molecule has 2 rings (SSSR count). The first-order valence-electron chi connectivity index (χ1n) is 6.48. The minimum Gasteiger partial charge on any atom is -0.399 e. The predicted molar refractivity (Wildman–Crippen MR) is 74.2 cm³/mol. The molecule has 0 radical (unpaired) electrons. The molecule has 112 valence electrons. The van der Waals surface area contributed by atoms with Gasteiger partial charge >= 0.3 is 0 Å². The number of nitrogen functional groups attached to an aromatic ring is 1. The summed E-state index contributed by atoms with van der Waals surface area (Å²) >= 11 is 0. The molecular formula is C13H19FN2O3S. The van der Waals surface area contributed by atoms with Gasteiger partial charge in [-0.25, -0.2) is 12.8 Å². The zero-order chi connectivity index (χ0) is 15.1. The van der Waals surface area contributed by atoms with Crippen molar-refractivity contribution in [3.8, 4) is 0 Å². The number of sulfonamides is 1. The highest BCUT2D eigenvalue weighted by atomic mass is 32.2. The topological polar surface area (TPSA) is 83.6 Å². The van der Waals surface area contributed by atoms with Crippen molar-refractivity contribution < 1.29 is 17.9 Å². The van der Waals surface area contributed by atoms with Crippen LogP contribution < -0.4 is 5.73 Å². The molecule has 1 aromatic rings. The summed E-state index contributed by atoms with van der Waals surface area (Å²) in [7, 11) is -3.81. The number of hydrogen-bond donors (Lipinski definition) is 2. The van der Waals surface area contributed by atoms with Gasteiger partial charge in [-0.3, -0.25) is 0 Å². The van der Waals surface area contributed by atoms with E-state index in [4.69, 9.17) is 5.73 Å². The van der Waals surface area contributed by atoms with Crippen molar-refractivity contribution in [2.45, 2.75) is 37.2 Å². The van der Waals surface area contributed by atoms with E-state index in [0.717, 1.165) is 16.8 Å². The quantitative estimate of drug-likeness (QED) is 0.820. The summed E-state index contributed by atoms with van der Waals surface area (Å²) in [6.45, 7) is 3.41. The Kier molecular flexibility index (Phi) is 3.79. The van der Waals surface area contributed by atoms with Crippen LogP contribution in [0, 0.1) is 12.7 Å². The molecule has 1 aliphatic rings. The van der Waals surface area contributed by atoms with Crippen molar-refractivity contribution in [2.75, 3.05) is 18.8 Å². The van der Waals surface area contributed by atoms with Crippen molar-refractivity contribution >= 4 is 15.7 Å². The summed E-state index contributed by atoms with van der Waals surface area (Å²) in [5.41, 5.74) is 4.66. The largest absolute Gasteiger partial charge is 0.399 e. The van der Waals surface area contributed by atoms with Crippen LogP contribution in [0.25, 0.3) is 0 Å². The normalized spacial score (nSPS) is 18.8. The number of β-amino-alcohol motifs (C(OH)–C–C–N with tert-alkyl or cyclic N) is 1. The van der Waals surface area contributed by atoms with E-state index in [1.807, 2.05) is 6.92 Å². The molecule has 0 atom stereocenters. The second-order valence-electron chi connectivity index (χ2n) is 5.37. The molecule has 1 aromatic carbocycles. The van der Waals surface area contributed by atoms with Gasteiger partial charge < -0.3 is 10.8 Å². The highest BCUT2D eigenvalue weighted by Crippen LogP contribution is 2.33. The number of halogens is 1. The van der Waals surface area contributed by atoms with Crippen molar-refractivity contribution in [2.24, 2.45) is 0 Å². The summed E-state index contributed by atoms with van der Waals surface area (Å²) in [6.07, 6.45) is 1.32. The van der Waals surface area contributed by atoms with Crippen LogP contribution in [0.15, 0.2) is 17.0 Å². The lowest BCUT2D eigenvalue weighted by molar-refractivity contribution is -0.0653. The van der Waals surface area contributed by atoms with Crippen molar-refractivity contribution in [1.82, 2.24) is 4.31 Å². The molecule has 20 heavy (non-hydrogen) atoms. The van der Waals surface area contributed by atoms with Gasteiger partial charge in [0.05, 0.1) is 10.5 Å². The minimum absolute atomic E-state index is 0.0407. The molecule has 1 aliphatic heterocycles. The van der Waals surface area contributed by atoms with Gasteiger partial charge in [-0.2, -0.15) is 4.31 Å². The monoisotopic (exact) mass is 302 g/mol. The van der Waals surface area contributed by atoms with Gasteiger partial charge in [-0.1, -0.05) is 13.3 Å². The summed E-state index contributed by atoms with van der Waals surface area (Å²) in [5, 5.41) is 10.1. The van der Waals surface area contributed by atoms with E-state index in [1.165, 1.54) is 13.0 Å². The number of nitrogens with two attached hydrogens (primary N) is 1. The molecule has 0 unspecified atom stereocenters. The zero-order valence-corrected chi connectivity index (χ0v) is 12.4. The average molecular weight is 302 g/mol. The van der Waals surface area contributed by atoms with Gasteiger partial charge in [0.2, 0.25) is 10.0 Å². The maximum atomic E-state index is 13.6. The predicted octanol–water partition coefficient (Wildman–Crippen LogP) is 1.25. The van der Waals surface area contributed by atoms with Crippen molar-refractivity contribution in [3.05, 3.63) is 23.5 Å². The lowest BCUT2D eigenvalue weighted by Crippen LogP contribution is -2.63. The maximum Gasteiger partial charge on any atom is 0.243 e. The molecule has 0 aliphatic carbocycles. The smallest absolute Gasteiger partial charge is 0.243 e. The zero-order valence-electron chi connectivity index (χ0n) is 11.6. The molecule has 5 nitrogen and oxygen atoms in total. The number of aliphatic hydroxyl groups is 1. The first-order chi connectivity index (χ1) is 9.19. The Hall–Kier alpha value is -1.18. The van der Waals surface area contributed by atoms with Crippen molar-refractivity contribution in [3.63, 3.8) is 0 Å². The van der Waals surface area contributed by atoms with Gasteiger partial charge in [0.25, 0.3) is 0 Å². The third-order valence-corrected chi connectivity index (χ3v) is 5.51. The highest BCUT2D eigenvalue weighted by Gasteiger charge is 2.47. The van der Waals surface area contributed by atoms with Gasteiger partial charge in [0, 0.05) is 24.3 Å².